The first kappa shape index (κ1) is 22.4. The van der Waals surface area contributed by atoms with Gasteiger partial charge in [0, 0.05) is 6.92 Å². The number of nitrogens with one attached hydrogen (secondary N) is 1. The molecular formula is C15H28N2O10. The summed E-state index contributed by atoms with van der Waals surface area (Å²) in [4.78, 5) is 11.6. The molecule has 0 radical (unpaired) electrons. The van der Waals surface area contributed by atoms with E-state index in [0.717, 1.165) is 0 Å². The Hall–Kier alpha value is -0.930. The largest absolute Gasteiger partial charge is 0.394 e. The molecule has 27 heavy (non-hydrogen) atoms. The Morgan fingerprint density at radius 1 is 1.07 bits per heavy atom. The number of rotatable bonds is 6. The van der Waals surface area contributed by atoms with Gasteiger partial charge < -0.3 is 55.5 Å². The van der Waals surface area contributed by atoms with Crippen LogP contribution in [0.1, 0.15) is 13.8 Å². The third kappa shape index (κ3) is 4.92. The molecule has 2 aliphatic rings. The summed E-state index contributed by atoms with van der Waals surface area (Å²) in [6.07, 6.45) is -11.8. The predicted molar refractivity (Wildman–Crippen MR) is 86.7 cm³/mol. The lowest BCUT2D eigenvalue weighted by Gasteiger charge is -2.47. The van der Waals surface area contributed by atoms with E-state index in [2.05, 4.69) is 5.32 Å². The summed E-state index contributed by atoms with van der Waals surface area (Å²) in [5.74, 6) is -0.460. The Labute approximate surface area is 155 Å². The minimum atomic E-state index is -1.67. The quantitative estimate of drug-likeness (QED) is 0.215. The van der Waals surface area contributed by atoms with Crippen LogP contribution >= 0.6 is 0 Å². The zero-order valence-electron chi connectivity index (χ0n) is 15.0. The first-order valence-electron chi connectivity index (χ1n) is 8.59. The standard InChI is InChI=1S/C15H28N2O10/c1-5-9(20)13(8(17-6(2)19)14(25-5)24-4-16)27-15-12(23)11(22)10(21)7(3-18)26-15/h5,7-15,18,20-23H,3-4,16H2,1-2H3,(H,17,19)/t5?,7?,8?,9-,10-,11+,12?,13-,14-,15+/m1/s1. The van der Waals surface area contributed by atoms with E-state index in [1.807, 2.05) is 0 Å². The second kappa shape index (κ2) is 9.52. The molecule has 2 aliphatic heterocycles. The summed E-state index contributed by atoms with van der Waals surface area (Å²) in [6.45, 7) is 1.93. The molecule has 0 aromatic carbocycles. The molecule has 0 spiro atoms. The summed E-state index contributed by atoms with van der Waals surface area (Å²) >= 11 is 0. The molecule has 0 aromatic rings. The van der Waals surface area contributed by atoms with Crippen LogP contribution in [0.4, 0.5) is 0 Å². The Kier molecular flexibility index (Phi) is 7.88. The Balaban J connectivity index is 2.23. The van der Waals surface area contributed by atoms with Gasteiger partial charge >= 0.3 is 0 Å². The second-order valence-corrected chi connectivity index (χ2v) is 6.56. The third-order valence-electron chi connectivity index (χ3n) is 4.58. The van der Waals surface area contributed by atoms with Gasteiger partial charge in [-0.3, -0.25) is 4.79 Å². The molecule has 0 bridgehead atoms. The highest BCUT2D eigenvalue weighted by atomic mass is 16.7. The topological polar surface area (TPSA) is 193 Å². The zero-order chi connectivity index (χ0) is 20.3. The van der Waals surface area contributed by atoms with Crippen molar-refractivity contribution in [2.45, 2.75) is 75.2 Å². The molecule has 0 aromatic heterocycles. The first-order valence-corrected chi connectivity index (χ1v) is 8.59. The summed E-state index contributed by atoms with van der Waals surface area (Å²) < 4.78 is 21.7. The van der Waals surface area contributed by atoms with Crippen LogP contribution in [0.25, 0.3) is 0 Å². The monoisotopic (exact) mass is 396 g/mol. The van der Waals surface area contributed by atoms with Crippen molar-refractivity contribution in [2.75, 3.05) is 13.3 Å². The van der Waals surface area contributed by atoms with Gasteiger partial charge in [-0.2, -0.15) is 0 Å². The Morgan fingerprint density at radius 2 is 1.74 bits per heavy atom. The average molecular weight is 396 g/mol. The highest BCUT2D eigenvalue weighted by molar-refractivity contribution is 5.73. The average Bonchev–Trinajstić information content (AvgIpc) is 2.62. The molecule has 4 unspecified atom stereocenters. The summed E-state index contributed by atoms with van der Waals surface area (Å²) in [7, 11) is 0. The van der Waals surface area contributed by atoms with E-state index in [1.54, 1.807) is 6.92 Å². The van der Waals surface area contributed by atoms with Crippen LogP contribution in [-0.4, -0.2) is 106 Å². The maximum Gasteiger partial charge on any atom is 0.217 e. The zero-order valence-corrected chi connectivity index (χ0v) is 15.0. The van der Waals surface area contributed by atoms with E-state index < -0.39 is 73.9 Å². The van der Waals surface area contributed by atoms with Gasteiger partial charge in [0.15, 0.2) is 12.6 Å². The lowest BCUT2D eigenvalue weighted by molar-refractivity contribution is -0.342. The highest BCUT2D eigenvalue weighted by Crippen LogP contribution is 2.29. The van der Waals surface area contributed by atoms with Crippen molar-refractivity contribution in [3.05, 3.63) is 0 Å². The number of amides is 1. The number of carbonyl (C=O) groups is 1. The van der Waals surface area contributed by atoms with Gasteiger partial charge in [0.25, 0.3) is 0 Å². The number of nitrogens with two attached hydrogens (primary N) is 1. The molecule has 158 valence electrons. The van der Waals surface area contributed by atoms with Crippen molar-refractivity contribution in [1.82, 2.24) is 5.32 Å². The van der Waals surface area contributed by atoms with Crippen molar-refractivity contribution in [3.63, 3.8) is 0 Å². The molecule has 12 heteroatoms. The molecule has 1 amide bonds. The number of aliphatic hydroxyl groups is 5. The number of hydrogen-bond acceptors (Lipinski definition) is 11. The summed E-state index contributed by atoms with van der Waals surface area (Å²) in [6, 6.07) is -1.01. The number of ether oxygens (including phenoxy) is 4. The molecule has 12 nitrogen and oxygen atoms in total. The van der Waals surface area contributed by atoms with Crippen LogP contribution in [0.5, 0.6) is 0 Å². The van der Waals surface area contributed by atoms with Crippen molar-refractivity contribution in [3.8, 4) is 0 Å². The maximum absolute atomic E-state index is 11.6. The predicted octanol–water partition coefficient (Wildman–Crippen LogP) is -4.29. The molecule has 2 rings (SSSR count). The van der Waals surface area contributed by atoms with Gasteiger partial charge in [-0.05, 0) is 6.92 Å². The van der Waals surface area contributed by atoms with Gasteiger partial charge in [-0.1, -0.05) is 0 Å². The lowest BCUT2D eigenvalue weighted by atomic mass is 9.96. The van der Waals surface area contributed by atoms with Crippen LogP contribution in [-0.2, 0) is 23.7 Å². The smallest absolute Gasteiger partial charge is 0.217 e. The van der Waals surface area contributed by atoms with Gasteiger partial charge in [0.2, 0.25) is 5.91 Å². The van der Waals surface area contributed by atoms with E-state index >= 15 is 0 Å². The van der Waals surface area contributed by atoms with E-state index in [0.29, 0.717) is 0 Å². The minimum Gasteiger partial charge on any atom is -0.394 e. The normalized spacial score (nSPS) is 45.5. The molecule has 0 aliphatic carbocycles. The van der Waals surface area contributed by atoms with Gasteiger partial charge in [-0.15, -0.1) is 0 Å². The van der Waals surface area contributed by atoms with Crippen molar-refractivity contribution >= 4 is 5.91 Å². The number of carbonyl (C=O) groups excluding carboxylic acids is 1. The molecule has 2 heterocycles. The molecule has 2 fully saturated rings. The van der Waals surface area contributed by atoms with Crippen LogP contribution < -0.4 is 11.1 Å². The van der Waals surface area contributed by atoms with E-state index in [1.165, 1.54) is 6.92 Å². The maximum atomic E-state index is 11.6. The number of aliphatic hydroxyl groups excluding tert-OH is 5. The van der Waals surface area contributed by atoms with Crippen molar-refractivity contribution < 1.29 is 49.3 Å². The fourth-order valence-corrected chi connectivity index (χ4v) is 3.13. The van der Waals surface area contributed by atoms with Gasteiger partial charge in [0.05, 0.1) is 19.4 Å². The third-order valence-corrected chi connectivity index (χ3v) is 4.58. The van der Waals surface area contributed by atoms with Crippen LogP contribution in [0.15, 0.2) is 0 Å². The van der Waals surface area contributed by atoms with Crippen LogP contribution in [0.2, 0.25) is 0 Å². The Morgan fingerprint density at radius 3 is 2.30 bits per heavy atom. The second-order valence-electron chi connectivity index (χ2n) is 6.56. The lowest BCUT2D eigenvalue weighted by Crippen LogP contribution is -2.67. The van der Waals surface area contributed by atoms with E-state index in [-0.39, 0.29) is 6.73 Å². The molecule has 10 atom stereocenters. The molecule has 2 saturated heterocycles. The molecular weight excluding hydrogens is 368 g/mol. The Bertz CT molecular complexity index is 495. The van der Waals surface area contributed by atoms with Crippen molar-refractivity contribution in [1.29, 1.82) is 0 Å². The molecule has 0 saturated carbocycles. The van der Waals surface area contributed by atoms with E-state index in [4.69, 9.17) is 24.7 Å². The van der Waals surface area contributed by atoms with Gasteiger partial charge in [0.1, 0.15) is 42.7 Å². The fourth-order valence-electron chi connectivity index (χ4n) is 3.13. The first-order chi connectivity index (χ1) is 12.7. The SMILES string of the molecule is CC(=O)NC1[C@H](OCN)OC(C)[C@@H](O)[C@@H]1O[C@@H]1OC(CO)[C@@H](O)[C@H](O)C1O. The van der Waals surface area contributed by atoms with Crippen molar-refractivity contribution in [2.24, 2.45) is 5.73 Å². The number of hydrogen-bond donors (Lipinski definition) is 7. The van der Waals surface area contributed by atoms with Gasteiger partial charge in [-0.25, -0.2) is 0 Å². The minimum absolute atomic E-state index is 0.226. The summed E-state index contributed by atoms with van der Waals surface area (Å²) in [5.41, 5.74) is 5.38. The highest BCUT2D eigenvalue weighted by Gasteiger charge is 2.50. The van der Waals surface area contributed by atoms with E-state index in [9.17, 15) is 30.3 Å². The van der Waals surface area contributed by atoms with Crippen LogP contribution in [0.3, 0.4) is 0 Å². The molecule has 8 N–H and O–H groups in total. The fraction of sp³-hybridized carbons (Fsp3) is 0.933. The summed E-state index contributed by atoms with van der Waals surface area (Å²) in [5, 5.41) is 52.2. The van der Waals surface area contributed by atoms with Crippen LogP contribution in [0, 0.1) is 0 Å².